The summed E-state index contributed by atoms with van der Waals surface area (Å²) in [6, 6.07) is 17.5. The molecule has 0 aromatic heterocycles. The first-order valence-corrected chi connectivity index (χ1v) is 13.0. The predicted octanol–water partition coefficient (Wildman–Crippen LogP) is 4.11. The van der Waals surface area contributed by atoms with Crippen LogP contribution in [0.2, 0.25) is 0 Å². The van der Waals surface area contributed by atoms with Crippen molar-refractivity contribution in [2.24, 2.45) is 0 Å². The van der Waals surface area contributed by atoms with Crippen LogP contribution in [-0.2, 0) is 10.0 Å². The average Bonchev–Trinajstić information content (AvgIpc) is 2.93. The van der Waals surface area contributed by atoms with Crippen LogP contribution in [0.15, 0.2) is 83.8 Å². The number of phenolic OH excluding ortho intramolecular Hbond substituents is 1. The molecule has 0 heterocycles. The van der Waals surface area contributed by atoms with Gasteiger partial charge >= 0.3 is 11.9 Å². The zero-order chi connectivity index (χ0) is 28.8. The fourth-order valence-electron chi connectivity index (χ4n) is 4.36. The second kappa shape index (κ2) is 9.67. The number of carboxylic acid groups (broad SMARTS) is 2. The van der Waals surface area contributed by atoms with E-state index in [2.05, 4.69) is 10.0 Å². The van der Waals surface area contributed by atoms with Gasteiger partial charge < -0.3 is 20.6 Å². The number of aromatic hydroxyl groups is 1. The Morgan fingerprint density at radius 1 is 0.675 bits per heavy atom. The number of carbonyl (C=O) groups excluding carboxylic acids is 2. The van der Waals surface area contributed by atoms with Crippen LogP contribution in [0.1, 0.15) is 52.6 Å². The number of hydrogen-bond acceptors (Lipinski definition) is 8. The van der Waals surface area contributed by atoms with Gasteiger partial charge in [-0.05, 0) is 54.6 Å². The molecule has 1 aliphatic rings. The number of sulfonamides is 1. The Balaban J connectivity index is 1.41. The maximum atomic E-state index is 13.2. The van der Waals surface area contributed by atoms with E-state index in [1.165, 1.54) is 48.5 Å². The van der Waals surface area contributed by atoms with Crippen LogP contribution in [0.3, 0.4) is 0 Å². The zero-order valence-electron chi connectivity index (χ0n) is 20.2. The summed E-state index contributed by atoms with van der Waals surface area (Å²) < 4.78 is 28.0. The maximum Gasteiger partial charge on any atom is 0.336 e. The molecule has 12 heteroatoms. The highest BCUT2D eigenvalue weighted by Crippen LogP contribution is 2.38. The van der Waals surface area contributed by atoms with Gasteiger partial charge in [0, 0.05) is 22.5 Å². The number of carbonyl (C=O) groups is 4. The molecule has 0 atom stereocenters. The minimum absolute atomic E-state index is 0.00696. The molecule has 5 rings (SSSR count). The number of anilines is 3. The largest absolute Gasteiger partial charge is 0.507 e. The SMILES string of the molecule is O=C(O)c1ccc(S(=O)(=O)Nc2ccc(Nc3ccc(O)c4c3C(=O)c3ccccc3C4=O)cc2)cc1C(=O)O. The molecular formula is C28H18N2O9S. The van der Waals surface area contributed by atoms with E-state index in [0.717, 1.165) is 18.2 Å². The van der Waals surface area contributed by atoms with Crippen molar-refractivity contribution in [1.82, 2.24) is 0 Å². The first-order valence-electron chi connectivity index (χ1n) is 11.5. The highest BCUT2D eigenvalue weighted by Gasteiger charge is 2.34. The summed E-state index contributed by atoms with van der Waals surface area (Å²) in [6.45, 7) is 0. The van der Waals surface area contributed by atoms with Crippen molar-refractivity contribution in [3.63, 3.8) is 0 Å². The lowest BCUT2D eigenvalue weighted by Gasteiger charge is -2.21. The Hall–Kier alpha value is -5.49. The highest BCUT2D eigenvalue weighted by atomic mass is 32.2. The van der Waals surface area contributed by atoms with Crippen molar-refractivity contribution < 1.29 is 42.9 Å². The van der Waals surface area contributed by atoms with Gasteiger partial charge in [-0.3, -0.25) is 14.3 Å². The van der Waals surface area contributed by atoms with Crippen LogP contribution in [0.25, 0.3) is 0 Å². The van der Waals surface area contributed by atoms with Crippen LogP contribution in [-0.4, -0.2) is 47.2 Å². The van der Waals surface area contributed by atoms with Crippen molar-refractivity contribution in [2.75, 3.05) is 10.0 Å². The molecule has 0 saturated heterocycles. The summed E-state index contributed by atoms with van der Waals surface area (Å²) >= 11 is 0. The molecule has 11 nitrogen and oxygen atoms in total. The molecule has 0 bridgehead atoms. The van der Waals surface area contributed by atoms with Crippen LogP contribution in [0.5, 0.6) is 5.75 Å². The fraction of sp³-hybridized carbons (Fsp3) is 0. The Morgan fingerprint density at radius 3 is 1.85 bits per heavy atom. The van der Waals surface area contributed by atoms with E-state index in [1.54, 1.807) is 12.1 Å². The molecule has 5 N–H and O–H groups in total. The van der Waals surface area contributed by atoms with Crippen LogP contribution in [0, 0.1) is 0 Å². The molecule has 0 fully saturated rings. The number of fused-ring (bicyclic) bond motifs is 2. The predicted molar refractivity (Wildman–Crippen MR) is 142 cm³/mol. The molecule has 0 unspecified atom stereocenters. The van der Waals surface area contributed by atoms with Crippen LogP contribution < -0.4 is 10.0 Å². The number of carboxylic acids is 2. The summed E-state index contributed by atoms with van der Waals surface area (Å²) in [7, 11) is -4.28. The van der Waals surface area contributed by atoms with Gasteiger partial charge in [-0.25, -0.2) is 18.0 Å². The van der Waals surface area contributed by atoms with Gasteiger partial charge in [0.25, 0.3) is 10.0 Å². The van der Waals surface area contributed by atoms with Gasteiger partial charge in [-0.1, -0.05) is 24.3 Å². The molecule has 0 amide bonds. The van der Waals surface area contributed by atoms with E-state index < -0.39 is 49.6 Å². The van der Waals surface area contributed by atoms with E-state index in [0.29, 0.717) is 5.69 Å². The van der Waals surface area contributed by atoms with Gasteiger partial charge in [-0.2, -0.15) is 0 Å². The van der Waals surface area contributed by atoms with Crippen molar-refractivity contribution in [3.8, 4) is 5.75 Å². The Labute approximate surface area is 226 Å². The molecule has 200 valence electrons. The third-order valence-corrected chi connectivity index (χ3v) is 7.61. The molecular weight excluding hydrogens is 540 g/mol. The molecule has 0 saturated carbocycles. The van der Waals surface area contributed by atoms with Gasteiger partial charge in [0.1, 0.15) is 5.75 Å². The summed E-state index contributed by atoms with van der Waals surface area (Å²) in [4.78, 5) is 48.5. The number of phenols is 1. The van der Waals surface area contributed by atoms with Crippen molar-refractivity contribution in [3.05, 3.63) is 112 Å². The number of benzene rings is 4. The second-order valence-electron chi connectivity index (χ2n) is 8.71. The standard InChI is InChI=1S/C28H18N2O9S/c31-22-12-11-21(23-24(22)26(33)18-4-2-1-3-17(18)25(23)32)29-14-5-7-15(8-6-14)30-40(38,39)16-9-10-19(27(34)35)20(13-16)28(36)37/h1-13,29-31H,(H,34,35)(H,36,37). The Kier molecular flexibility index (Phi) is 6.32. The highest BCUT2D eigenvalue weighted by molar-refractivity contribution is 7.92. The van der Waals surface area contributed by atoms with Gasteiger partial charge in [0.15, 0.2) is 11.6 Å². The average molecular weight is 559 g/mol. The summed E-state index contributed by atoms with van der Waals surface area (Å²) in [5.41, 5.74) is -0.150. The van der Waals surface area contributed by atoms with Gasteiger partial charge in [-0.15, -0.1) is 0 Å². The molecule has 4 aromatic carbocycles. The second-order valence-corrected chi connectivity index (χ2v) is 10.4. The molecule has 4 aromatic rings. The normalized spacial score (nSPS) is 12.3. The van der Waals surface area contributed by atoms with E-state index >= 15 is 0 Å². The number of rotatable bonds is 7. The van der Waals surface area contributed by atoms with Crippen molar-refractivity contribution in [1.29, 1.82) is 0 Å². The monoisotopic (exact) mass is 558 g/mol. The molecule has 0 aliphatic heterocycles. The first kappa shape index (κ1) is 26.1. The number of nitrogens with one attached hydrogen (secondary N) is 2. The quantitative estimate of drug-likeness (QED) is 0.182. The first-order chi connectivity index (χ1) is 19.0. The summed E-state index contributed by atoms with van der Waals surface area (Å²) in [6.07, 6.45) is 0. The maximum absolute atomic E-state index is 13.2. The lowest BCUT2D eigenvalue weighted by atomic mass is 9.82. The van der Waals surface area contributed by atoms with E-state index in [1.807, 2.05) is 0 Å². The zero-order valence-corrected chi connectivity index (χ0v) is 21.0. The van der Waals surface area contributed by atoms with E-state index in [-0.39, 0.29) is 39.4 Å². The molecule has 0 spiro atoms. The Morgan fingerprint density at radius 2 is 1.25 bits per heavy atom. The van der Waals surface area contributed by atoms with E-state index in [9.17, 15) is 37.8 Å². The van der Waals surface area contributed by atoms with Crippen LogP contribution >= 0.6 is 0 Å². The summed E-state index contributed by atoms with van der Waals surface area (Å²) in [5.74, 6) is -4.37. The Bertz CT molecular complexity index is 1860. The smallest absolute Gasteiger partial charge is 0.336 e. The van der Waals surface area contributed by atoms with Crippen molar-refractivity contribution in [2.45, 2.75) is 4.90 Å². The third-order valence-electron chi connectivity index (χ3n) is 6.23. The molecule has 40 heavy (non-hydrogen) atoms. The lowest BCUT2D eigenvalue weighted by Crippen LogP contribution is -2.22. The van der Waals surface area contributed by atoms with Crippen LogP contribution in [0.4, 0.5) is 17.1 Å². The van der Waals surface area contributed by atoms with Gasteiger partial charge in [0.2, 0.25) is 0 Å². The van der Waals surface area contributed by atoms with Gasteiger partial charge in [0.05, 0.1) is 32.8 Å². The summed E-state index contributed by atoms with van der Waals surface area (Å²) in [5, 5.41) is 31.8. The molecule has 0 radical (unpaired) electrons. The fourth-order valence-corrected chi connectivity index (χ4v) is 5.44. The number of ketones is 2. The third kappa shape index (κ3) is 4.52. The number of hydrogen-bond donors (Lipinski definition) is 5. The minimum Gasteiger partial charge on any atom is -0.507 e. The number of aromatic carboxylic acids is 2. The topological polar surface area (TPSA) is 187 Å². The minimum atomic E-state index is -4.28. The molecule has 1 aliphatic carbocycles. The van der Waals surface area contributed by atoms with Crippen molar-refractivity contribution >= 4 is 50.6 Å². The lowest BCUT2D eigenvalue weighted by molar-refractivity contribution is 0.0651. The van der Waals surface area contributed by atoms with E-state index in [4.69, 9.17) is 5.11 Å².